The van der Waals surface area contributed by atoms with E-state index in [0.717, 1.165) is 79.6 Å². The third-order valence-corrected chi connectivity index (χ3v) is 6.64. The Morgan fingerprint density at radius 2 is 1.54 bits per heavy atom. The van der Waals surface area contributed by atoms with E-state index in [-0.39, 0.29) is 10.6 Å². The number of urea groups is 1. The van der Waals surface area contributed by atoms with Gasteiger partial charge < -0.3 is 5.32 Å². The quantitative estimate of drug-likeness (QED) is 0.603. The third kappa shape index (κ3) is 3.33. The summed E-state index contributed by atoms with van der Waals surface area (Å²) in [6, 6.07) is 5.78. The standard InChI is InChI=1S/C19H19N3O5S/c23-19(21-28(26,27)15-9-7-14(8-10-15)22(24)25)20-18-16-5-1-3-12(16)11-13-4-2-6-17(13)18/h7-11H,1-6H2,(H2,20,21,23). The first kappa shape index (κ1) is 18.4. The number of nitro benzene ring substituents is 1. The Bertz CT molecular complexity index is 1050. The van der Waals surface area contributed by atoms with E-state index in [9.17, 15) is 23.3 Å². The van der Waals surface area contributed by atoms with Crippen LogP contribution in [0.4, 0.5) is 16.2 Å². The number of aryl methyl sites for hydroxylation is 2. The summed E-state index contributed by atoms with van der Waals surface area (Å²) in [4.78, 5) is 22.3. The Hall–Kier alpha value is -2.94. The molecule has 2 aromatic rings. The lowest BCUT2D eigenvalue weighted by Gasteiger charge is -2.16. The van der Waals surface area contributed by atoms with Gasteiger partial charge in [0, 0.05) is 17.8 Å². The van der Waals surface area contributed by atoms with Gasteiger partial charge in [-0.15, -0.1) is 0 Å². The number of benzene rings is 2. The van der Waals surface area contributed by atoms with Crippen molar-refractivity contribution < 1.29 is 18.1 Å². The number of fused-ring (bicyclic) bond motifs is 2. The highest BCUT2D eigenvalue weighted by atomic mass is 32.2. The molecule has 2 amide bonds. The number of nitrogens with zero attached hydrogens (tertiary/aromatic N) is 1. The first-order valence-corrected chi connectivity index (χ1v) is 10.6. The Morgan fingerprint density at radius 1 is 0.964 bits per heavy atom. The van der Waals surface area contributed by atoms with Crippen LogP contribution in [0.2, 0.25) is 0 Å². The minimum atomic E-state index is -4.13. The summed E-state index contributed by atoms with van der Waals surface area (Å²) in [7, 11) is -4.13. The van der Waals surface area contributed by atoms with Gasteiger partial charge in [-0.2, -0.15) is 0 Å². The molecule has 0 fully saturated rings. The first-order chi connectivity index (χ1) is 13.3. The van der Waals surface area contributed by atoms with Gasteiger partial charge in [0.05, 0.1) is 9.82 Å². The van der Waals surface area contributed by atoms with Crippen LogP contribution >= 0.6 is 0 Å². The van der Waals surface area contributed by atoms with Crippen LogP contribution in [0.5, 0.6) is 0 Å². The smallest absolute Gasteiger partial charge is 0.307 e. The second-order valence-corrected chi connectivity index (χ2v) is 8.73. The molecule has 4 rings (SSSR count). The molecule has 9 heteroatoms. The lowest BCUT2D eigenvalue weighted by atomic mass is 9.99. The maximum absolute atomic E-state index is 12.5. The second kappa shape index (κ2) is 6.90. The summed E-state index contributed by atoms with van der Waals surface area (Å²) in [5, 5.41) is 13.5. The summed E-state index contributed by atoms with van der Waals surface area (Å²) in [6.45, 7) is 0. The molecule has 2 aromatic carbocycles. The second-order valence-electron chi connectivity index (χ2n) is 7.04. The topological polar surface area (TPSA) is 118 Å². The van der Waals surface area contributed by atoms with E-state index < -0.39 is 21.0 Å². The average Bonchev–Trinajstić information content (AvgIpc) is 3.30. The van der Waals surface area contributed by atoms with Crippen LogP contribution in [-0.2, 0) is 35.7 Å². The maximum atomic E-state index is 12.5. The lowest BCUT2D eigenvalue weighted by Crippen LogP contribution is -2.35. The zero-order valence-corrected chi connectivity index (χ0v) is 15.8. The van der Waals surface area contributed by atoms with Crippen LogP contribution in [0.3, 0.4) is 0 Å². The number of carbonyl (C=O) groups is 1. The average molecular weight is 401 g/mol. The van der Waals surface area contributed by atoms with Crippen LogP contribution in [0.25, 0.3) is 0 Å². The largest absolute Gasteiger partial charge is 0.333 e. The highest BCUT2D eigenvalue weighted by Crippen LogP contribution is 2.38. The van der Waals surface area contributed by atoms with E-state index in [4.69, 9.17) is 0 Å². The number of nitro groups is 1. The molecule has 0 spiro atoms. The number of sulfonamides is 1. The zero-order valence-electron chi connectivity index (χ0n) is 15.0. The predicted octanol–water partition coefficient (Wildman–Crippen LogP) is 3.08. The van der Waals surface area contributed by atoms with Crippen LogP contribution in [0.1, 0.15) is 35.1 Å². The van der Waals surface area contributed by atoms with Crippen molar-refractivity contribution in [1.82, 2.24) is 4.72 Å². The number of carbonyl (C=O) groups excluding carboxylic acids is 1. The molecule has 0 heterocycles. The highest BCUT2D eigenvalue weighted by Gasteiger charge is 2.26. The summed E-state index contributed by atoms with van der Waals surface area (Å²) in [6.07, 6.45) is 5.73. The molecule has 146 valence electrons. The van der Waals surface area contributed by atoms with Crippen molar-refractivity contribution in [1.29, 1.82) is 0 Å². The van der Waals surface area contributed by atoms with E-state index in [1.807, 2.05) is 4.72 Å². The van der Waals surface area contributed by atoms with Crippen molar-refractivity contribution in [3.63, 3.8) is 0 Å². The molecule has 0 saturated heterocycles. The van der Waals surface area contributed by atoms with Crippen LogP contribution < -0.4 is 10.0 Å². The number of non-ortho nitro benzene ring substituents is 1. The molecule has 2 aliphatic carbocycles. The molecule has 8 nitrogen and oxygen atoms in total. The van der Waals surface area contributed by atoms with Gasteiger partial charge in [0.25, 0.3) is 15.7 Å². The number of hydrogen-bond acceptors (Lipinski definition) is 5. The SMILES string of the molecule is O=C(Nc1c2c(cc3c1CCC3)CCC2)NS(=O)(=O)c1ccc([N+](=O)[O-])cc1. The molecular weight excluding hydrogens is 382 g/mol. The molecule has 0 aromatic heterocycles. The van der Waals surface area contributed by atoms with Crippen molar-refractivity contribution in [3.05, 3.63) is 62.7 Å². The molecule has 0 aliphatic heterocycles. The van der Waals surface area contributed by atoms with E-state index in [2.05, 4.69) is 11.4 Å². The Morgan fingerprint density at radius 3 is 2.07 bits per heavy atom. The summed E-state index contributed by atoms with van der Waals surface area (Å²) >= 11 is 0. The zero-order chi connectivity index (χ0) is 19.9. The lowest BCUT2D eigenvalue weighted by molar-refractivity contribution is -0.384. The molecule has 2 N–H and O–H groups in total. The molecule has 0 saturated carbocycles. The number of hydrogen-bond donors (Lipinski definition) is 2. The Kier molecular flexibility index (Phi) is 4.54. The fraction of sp³-hybridized carbons (Fsp3) is 0.316. The number of anilines is 1. The molecule has 2 aliphatic rings. The monoisotopic (exact) mass is 401 g/mol. The molecule has 28 heavy (non-hydrogen) atoms. The van der Waals surface area contributed by atoms with Crippen LogP contribution in [0.15, 0.2) is 35.2 Å². The van der Waals surface area contributed by atoms with Crippen molar-refractivity contribution in [2.24, 2.45) is 0 Å². The third-order valence-electron chi connectivity index (χ3n) is 5.30. The predicted molar refractivity (Wildman–Crippen MR) is 103 cm³/mol. The first-order valence-electron chi connectivity index (χ1n) is 9.10. The minimum Gasteiger partial charge on any atom is -0.307 e. The minimum absolute atomic E-state index is 0.211. The van der Waals surface area contributed by atoms with Crippen molar-refractivity contribution >= 4 is 27.4 Å². The molecule has 0 bridgehead atoms. The van der Waals surface area contributed by atoms with Crippen molar-refractivity contribution in [2.75, 3.05) is 5.32 Å². The molecule has 0 radical (unpaired) electrons. The van der Waals surface area contributed by atoms with E-state index in [0.29, 0.717) is 0 Å². The number of nitrogens with one attached hydrogen (secondary N) is 2. The fourth-order valence-electron chi connectivity index (χ4n) is 4.03. The highest BCUT2D eigenvalue weighted by molar-refractivity contribution is 7.90. The van der Waals surface area contributed by atoms with E-state index in [1.54, 1.807) is 0 Å². The summed E-state index contributed by atoms with van der Waals surface area (Å²) < 4.78 is 26.9. The van der Waals surface area contributed by atoms with Gasteiger partial charge in [0.15, 0.2) is 0 Å². The van der Waals surface area contributed by atoms with Gasteiger partial charge in [0.1, 0.15) is 0 Å². The van der Waals surface area contributed by atoms with Crippen molar-refractivity contribution in [2.45, 2.75) is 43.4 Å². The molecular formula is C19H19N3O5S. The van der Waals surface area contributed by atoms with Gasteiger partial charge in [0.2, 0.25) is 0 Å². The number of rotatable bonds is 4. The van der Waals surface area contributed by atoms with Gasteiger partial charge in [-0.1, -0.05) is 6.07 Å². The van der Waals surface area contributed by atoms with Gasteiger partial charge in [-0.05, 0) is 72.9 Å². The molecule has 0 atom stereocenters. The Balaban J connectivity index is 1.56. The number of amides is 2. The van der Waals surface area contributed by atoms with Crippen LogP contribution in [0, 0.1) is 10.1 Å². The fourth-order valence-corrected chi connectivity index (χ4v) is 4.94. The molecule has 0 unspecified atom stereocenters. The van der Waals surface area contributed by atoms with Gasteiger partial charge >= 0.3 is 6.03 Å². The van der Waals surface area contributed by atoms with Gasteiger partial charge in [-0.3, -0.25) is 10.1 Å². The van der Waals surface area contributed by atoms with E-state index >= 15 is 0 Å². The van der Waals surface area contributed by atoms with E-state index in [1.165, 1.54) is 11.1 Å². The van der Waals surface area contributed by atoms with Crippen LogP contribution in [-0.4, -0.2) is 19.4 Å². The normalized spacial score (nSPS) is 15.0. The maximum Gasteiger partial charge on any atom is 0.333 e. The Labute approximate surface area is 162 Å². The van der Waals surface area contributed by atoms with Crippen molar-refractivity contribution in [3.8, 4) is 0 Å². The van der Waals surface area contributed by atoms with Gasteiger partial charge in [-0.25, -0.2) is 17.9 Å². The summed E-state index contributed by atoms with van der Waals surface area (Å²) in [5.41, 5.74) is 5.19. The summed E-state index contributed by atoms with van der Waals surface area (Å²) in [5.74, 6) is 0.